The van der Waals surface area contributed by atoms with Crippen LogP contribution in [0.25, 0.3) is 10.9 Å². The van der Waals surface area contributed by atoms with Crippen molar-refractivity contribution in [2.45, 2.75) is 6.92 Å². The highest BCUT2D eigenvalue weighted by Crippen LogP contribution is 2.23. The molecule has 0 unspecified atom stereocenters. The molecule has 0 spiro atoms. The largest absolute Gasteiger partial charge is 0.331 e. The molecule has 1 N–H and O–H groups in total. The molecule has 2 aromatic heterocycles. The summed E-state index contributed by atoms with van der Waals surface area (Å²) in [5.74, 6) is -0.572. The summed E-state index contributed by atoms with van der Waals surface area (Å²) in [5, 5.41) is 0.735. The quantitative estimate of drug-likeness (QED) is 0.785. The summed E-state index contributed by atoms with van der Waals surface area (Å²) in [6, 6.07) is 13.4. The Morgan fingerprint density at radius 3 is 2.46 bits per heavy atom. The van der Waals surface area contributed by atoms with E-state index in [0.29, 0.717) is 9.82 Å². The van der Waals surface area contributed by atoms with Crippen LogP contribution in [-0.2, 0) is 15.0 Å². The molecule has 0 saturated heterocycles. The van der Waals surface area contributed by atoms with Gasteiger partial charge in [-0.2, -0.15) is 12.7 Å². The highest BCUT2D eigenvalue weighted by atomic mass is 32.2. The monoisotopic (exact) mass is 342 g/mol. The Kier molecular flexibility index (Phi) is 4.13. The lowest BCUT2D eigenvalue weighted by atomic mass is 10.2. The lowest BCUT2D eigenvalue weighted by Gasteiger charge is -2.21. The van der Waals surface area contributed by atoms with Crippen LogP contribution in [0.4, 0.5) is 11.5 Å². The van der Waals surface area contributed by atoms with Crippen molar-refractivity contribution in [1.82, 2.24) is 9.97 Å². The van der Waals surface area contributed by atoms with Crippen LogP contribution in [0, 0.1) is 0 Å². The second-order valence-electron chi connectivity index (χ2n) is 4.96. The Morgan fingerprint density at radius 2 is 1.75 bits per heavy atom. The van der Waals surface area contributed by atoms with E-state index >= 15 is 0 Å². The van der Waals surface area contributed by atoms with Crippen LogP contribution in [0.3, 0.4) is 0 Å². The van der Waals surface area contributed by atoms with Crippen LogP contribution in [-0.4, -0.2) is 24.3 Å². The summed E-state index contributed by atoms with van der Waals surface area (Å²) in [6.07, 6.45) is 3.02. The van der Waals surface area contributed by atoms with E-state index in [0.717, 1.165) is 5.39 Å². The van der Waals surface area contributed by atoms with Crippen LogP contribution in [0.2, 0.25) is 0 Å². The molecule has 122 valence electrons. The molecule has 24 heavy (non-hydrogen) atoms. The summed E-state index contributed by atoms with van der Waals surface area (Å²) in [4.78, 5) is 20.1. The molecule has 0 aliphatic rings. The molecule has 3 rings (SSSR count). The molecule has 0 aliphatic heterocycles. The number of pyridine rings is 2. The SMILES string of the molecule is CC(=O)N(c1ccccc1)S(=O)(=O)Nc1nccc2cccnc12. The predicted molar refractivity (Wildman–Crippen MR) is 91.7 cm³/mol. The standard InChI is InChI=1S/C16H14N4O3S/c1-12(21)20(14-7-3-2-4-8-14)24(22,23)19-16-15-13(9-11-18-16)6-5-10-17-15/h2-11H,1H3,(H,18,19). The van der Waals surface area contributed by atoms with Crippen molar-refractivity contribution in [1.29, 1.82) is 0 Å². The third-order valence-corrected chi connectivity index (χ3v) is 4.66. The molecule has 8 heteroatoms. The molecule has 1 amide bonds. The van der Waals surface area contributed by atoms with Crippen LogP contribution in [0.1, 0.15) is 6.92 Å². The van der Waals surface area contributed by atoms with Crippen LogP contribution < -0.4 is 9.03 Å². The summed E-state index contributed by atoms with van der Waals surface area (Å²) >= 11 is 0. The fraction of sp³-hybridized carbons (Fsp3) is 0.0625. The molecule has 7 nitrogen and oxygen atoms in total. The Morgan fingerprint density at radius 1 is 1.00 bits per heavy atom. The summed E-state index contributed by atoms with van der Waals surface area (Å²) < 4.78 is 28.5. The third-order valence-electron chi connectivity index (χ3n) is 3.26. The maximum absolute atomic E-state index is 12.7. The number of hydrogen-bond acceptors (Lipinski definition) is 5. The number of rotatable bonds is 4. The van der Waals surface area contributed by atoms with E-state index < -0.39 is 16.1 Å². The van der Waals surface area contributed by atoms with E-state index in [-0.39, 0.29) is 11.5 Å². The first-order chi connectivity index (χ1) is 11.5. The Labute approximate surface area is 139 Å². The number of fused-ring (bicyclic) bond motifs is 1. The van der Waals surface area contributed by atoms with Gasteiger partial charge in [0.05, 0.1) is 5.69 Å². The van der Waals surface area contributed by atoms with Gasteiger partial charge in [-0.05, 0) is 24.3 Å². The average Bonchev–Trinajstić information content (AvgIpc) is 2.55. The number of para-hydroxylation sites is 1. The highest BCUT2D eigenvalue weighted by Gasteiger charge is 2.27. The van der Waals surface area contributed by atoms with E-state index in [9.17, 15) is 13.2 Å². The predicted octanol–water partition coefficient (Wildman–Crippen LogP) is 2.34. The second kappa shape index (κ2) is 6.25. The minimum atomic E-state index is -4.19. The zero-order valence-electron chi connectivity index (χ0n) is 12.7. The first-order valence-corrected chi connectivity index (χ1v) is 8.51. The number of anilines is 2. The van der Waals surface area contributed by atoms with Crippen molar-refractivity contribution < 1.29 is 13.2 Å². The zero-order chi connectivity index (χ0) is 17.2. The normalized spacial score (nSPS) is 11.2. The smallest absolute Gasteiger partial charge is 0.274 e. The Balaban J connectivity index is 2.05. The van der Waals surface area contributed by atoms with Gasteiger partial charge < -0.3 is 0 Å². The number of nitrogens with one attached hydrogen (secondary N) is 1. The lowest BCUT2D eigenvalue weighted by molar-refractivity contribution is -0.115. The van der Waals surface area contributed by atoms with E-state index in [4.69, 9.17) is 0 Å². The fourth-order valence-corrected chi connectivity index (χ4v) is 3.52. The molecule has 0 radical (unpaired) electrons. The maximum atomic E-state index is 12.7. The van der Waals surface area contributed by atoms with Crippen LogP contribution >= 0.6 is 0 Å². The third kappa shape index (κ3) is 3.04. The van der Waals surface area contributed by atoms with Gasteiger partial charge >= 0.3 is 10.2 Å². The fourth-order valence-electron chi connectivity index (χ4n) is 2.30. The van der Waals surface area contributed by atoms with Gasteiger partial charge in [0.15, 0.2) is 5.82 Å². The van der Waals surface area contributed by atoms with Gasteiger partial charge in [-0.1, -0.05) is 24.3 Å². The van der Waals surface area contributed by atoms with Gasteiger partial charge in [0.2, 0.25) is 5.91 Å². The average molecular weight is 342 g/mol. The molecule has 2 heterocycles. The Bertz CT molecular complexity index is 985. The molecule has 0 atom stereocenters. The molecule has 0 fully saturated rings. The minimum Gasteiger partial charge on any atom is -0.274 e. The zero-order valence-corrected chi connectivity index (χ0v) is 13.6. The van der Waals surface area contributed by atoms with E-state index in [1.54, 1.807) is 42.6 Å². The van der Waals surface area contributed by atoms with Crippen LogP contribution in [0.15, 0.2) is 60.9 Å². The first-order valence-electron chi connectivity index (χ1n) is 7.07. The summed E-state index contributed by atoms with van der Waals surface area (Å²) in [7, 11) is -4.19. The number of aromatic nitrogens is 2. The van der Waals surface area contributed by atoms with Gasteiger partial charge in [-0.3, -0.25) is 9.78 Å². The number of hydrogen-bond donors (Lipinski definition) is 1. The van der Waals surface area contributed by atoms with Gasteiger partial charge in [-0.15, -0.1) is 0 Å². The van der Waals surface area contributed by atoms with Crippen molar-refractivity contribution >= 4 is 38.5 Å². The number of benzene rings is 1. The van der Waals surface area contributed by atoms with Crippen LogP contribution in [0.5, 0.6) is 0 Å². The first kappa shape index (κ1) is 15.9. The molecule has 1 aromatic carbocycles. The molecule has 0 saturated carbocycles. The van der Waals surface area contributed by atoms with Gasteiger partial charge in [0.1, 0.15) is 5.52 Å². The minimum absolute atomic E-state index is 0.0651. The van der Waals surface area contributed by atoms with Gasteiger partial charge in [0.25, 0.3) is 0 Å². The number of carbonyl (C=O) groups is 1. The number of amides is 1. The molecular weight excluding hydrogens is 328 g/mol. The Hall–Kier alpha value is -3.00. The maximum Gasteiger partial charge on any atom is 0.331 e. The molecular formula is C16H14N4O3S. The number of carbonyl (C=O) groups excluding carboxylic acids is 1. The van der Waals surface area contributed by atoms with E-state index in [1.165, 1.54) is 25.3 Å². The van der Waals surface area contributed by atoms with Gasteiger partial charge in [0, 0.05) is 24.7 Å². The number of nitrogens with zero attached hydrogens (tertiary/aromatic N) is 3. The van der Waals surface area contributed by atoms with Gasteiger partial charge in [-0.25, -0.2) is 9.71 Å². The van der Waals surface area contributed by atoms with Crippen molar-refractivity contribution in [3.8, 4) is 0 Å². The summed E-state index contributed by atoms with van der Waals surface area (Å²) in [6.45, 7) is 1.18. The molecule has 3 aromatic rings. The second-order valence-corrected chi connectivity index (χ2v) is 6.48. The van der Waals surface area contributed by atoms with Crippen molar-refractivity contribution in [2.75, 3.05) is 9.03 Å². The van der Waals surface area contributed by atoms with Crippen molar-refractivity contribution in [3.05, 3.63) is 60.9 Å². The summed E-state index contributed by atoms with van der Waals surface area (Å²) in [5.41, 5.74) is 0.644. The molecule has 0 aliphatic carbocycles. The van der Waals surface area contributed by atoms with Crippen molar-refractivity contribution in [2.24, 2.45) is 0 Å². The van der Waals surface area contributed by atoms with Crippen molar-refractivity contribution in [3.63, 3.8) is 0 Å². The lowest BCUT2D eigenvalue weighted by Crippen LogP contribution is -2.39. The molecule has 0 bridgehead atoms. The topological polar surface area (TPSA) is 92.3 Å². The van der Waals surface area contributed by atoms with E-state index in [1.807, 2.05) is 0 Å². The highest BCUT2D eigenvalue weighted by molar-refractivity contribution is 7.94. The van der Waals surface area contributed by atoms with E-state index in [2.05, 4.69) is 14.7 Å².